The molecular weight excluding hydrogens is 355 g/mol. The number of benzene rings is 2. The molecule has 0 atom stereocenters. The Morgan fingerprint density at radius 2 is 1.72 bits per heavy atom. The van der Waals surface area contributed by atoms with Gasteiger partial charge in [-0.2, -0.15) is 0 Å². The molecule has 0 spiro atoms. The maximum atomic E-state index is 6.16. The molecule has 2 aromatic rings. The number of hydrogen-bond donors (Lipinski definition) is 2. The summed E-state index contributed by atoms with van der Waals surface area (Å²) < 4.78 is 5.81. The molecule has 0 aliphatic heterocycles. The average Bonchev–Trinajstić information content (AvgIpc) is 2.62. The molecule has 0 aliphatic rings. The van der Waals surface area contributed by atoms with E-state index in [1.54, 1.807) is 6.07 Å². The molecule has 25 heavy (non-hydrogen) atoms. The van der Waals surface area contributed by atoms with Crippen molar-refractivity contribution in [2.45, 2.75) is 32.6 Å². The lowest BCUT2D eigenvalue weighted by atomic mass is 10.2. The molecule has 2 aromatic carbocycles. The molecule has 0 saturated carbocycles. The fourth-order valence-electron chi connectivity index (χ4n) is 2.46. The van der Waals surface area contributed by atoms with E-state index >= 15 is 0 Å². The molecular formula is C20H26Cl2N2O. The third kappa shape index (κ3) is 7.05. The highest BCUT2D eigenvalue weighted by atomic mass is 35.5. The van der Waals surface area contributed by atoms with Gasteiger partial charge in [0, 0.05) is 24.8 Å². The molecule has 0 radical (unpaired) electrons. The van der Waals surface area contributed by atoms with Crippen molar-refractivity contribution >= 4 is 34.6 Å². The molecule has 2 rings (SSSR count). The maximum Gasteiger partial charge on any atom is 0.121 e. The van der Waals surface area contributed by atoms with Gasteiger partial charge in [0.15, 0.2) is 0 Å². The first kappa shape index (κ1) is 19.7. The summed E-state index contributed by atoms with van der Waals surface area (Å²) in [6.07, 6.45) is 4.85. The van der Waals surface area contributed by atoms with Gasteiger partial charge >= 0.3 is 0 Å². The van der Waals surface area contributed by atoms with Gasteiger partial charge in [0.1, 0.15) is 5.75 Å². The van der Waals surface area contributed by atoms with Crippen LogP contribution >= 0.6 is 23.2 Å². The maximum absolute atomic E-state index is 6.16. The van der Waals surface area contributed by atoms with Gasteiger partial charge in [0.05, 0.1) is 22.3 Å². The minimum Gasteiger partial charge on any atom is -0.494 e. The first-order valence-electron chi connectivity index (χ1n) is 8.85. The third-order valence-corrected chi connectivity index (χ3v) is 4.64. The summed E-state index contributed by atoms with van der Waals surface area (Å²) in [5, 5.41) is 7.78. The van der Waals surface area contributed by atoms with Crippen molar-refractivity contribution in [1.82, 2.24) is 0 Å². The van der Waals surface area contributed by atoms with Gasteiger partial charge in [-0.1, -0.05) is 61.5 Å². The van der Waals surface area contributed by atoms with Crippen molar-refractivity contribution in [3.05, 3.63) is 52.5 Å². The van der Waals surface area contributed by atoms with Gasteiger partial charge < -0.3 is 15.4 Å². The predicted molar refractivity (Wildman–Crippen MR) is 110 cm³/mol. The van der Waals surface area contributed by atoms with Crippen LogP contribution in [0, 0.1) is 0 Å². The van der Waals surface area contributed by atoms with E-state index in [2.05, 4.69) is 17.6 Å². The van der Waals surface area contributed by atoms with E-state index in [4.69, 9.17) is 27.9 Å². The first-order chi connectivity index (χ1) is 12.2. The van der Waals surface area contributed by atoms with Crippen LogP contribution in [-0.2, 0) is 0 Å². The molecule has 0 bridgehead atoms. The Kier molecular flexibility index (Phi) is 8.78. The van der Waals surface area contributed by atoms with E-state index in [0.717, 1.165) is 43.2 Å². The van der Waals surface area contributed by atoms with Crippen molar-refractivity contribution in [3.63, 3.8) is 0 Å². The number of unbranched alkanes of at least 4 members (excludes halogenated alkanes) is 3. The van der Waals surface area contributed by atoms with Gasteiger partial charge in [-0.15, -0.1) is 0 Å². The molecule has 2 N–H and O–H groups in total. The average molecular weight is 381 g/mol. The Hall–Kier alpha value is -1.58. The van der Waals surface area contributed by atoms with E-state index in [1.807, 2.05) is 36.4 Å². The summed E-state index contributed by atoms with van der Waals surface area (Å²) >= 11 is 12.2. The SMILES string of the molecule is CCCCCCOc1cccc(NCCNc2cccc(Cl)c2Cl)c1. The zero-order valence-corrected chi connectivity index (χ0v) is 16.2. The lowest BCUT2D eigenvalue weighted by molar-refractivity contribution is 0.305. The molecule has 0 saturated heterocycles. The topological polar surface area (TPSA) is 33.3 Å². The number of hydrogen-bond acceptors (Lipinski definition) is 3. The van der Waals surface area contributed by atoms with Gasteiger partial charge in [-0.05, 0) is 30.7 Å². The van der Waals surface area contributed by atoms with Crippen LogP contribution < -0.4 is 15.4 Å². The molecule has 0 aromatic heterocycles. The molecule has 0 unspecified atom stereocenters. The second kappa shape index (κ2) is 11.1. The van der Waals surface area contributed by atoms with Crippen LogP contribution in [0.15, 0.2) is 42.5 Å². The fourth-order valence-corrected chi connectivity index (χ4v) is 2.83. The standard InChI is InChI=1S/C20H26Cl2N2O/c1-2-3-4-5-14-25-17-9-6-8-16(15-17)23-12-13-24-19-11-7-10-18(21)20(19)22/h6-11,15,23-24H,2-5,12-14H2,1H3. The Bertz CT molecular complexity index is 649. The van der Waals surface area contributed by atoms with E-state index in [1.165, 1.54) is 19.3 Å². The first-order valence-corrected chi connectivity index (χ1v) is 9.61. The summed E-state index contributed by atoms with van der Waals surface area (Å²) in [7, 11) is 0. The van der Waals surface area contributed by atoms with Crippen LogP contribution in [0.2, 0.25) is 10.0 Å². The summed E-state index contributed by atoms with van der Waals surface area (Å²) in [5.41, 5.74) is 1.89. The van der Waals surface area contributed by atoms with Crippen LogP contribution in [0.4, 0.5) is 11.4 Å². The van der Waals surface area contributed by atoms with Gasteiger partial charge in [0.25, 0.3) is 0 Å². The quantitative estimate of drug-likeness (QED) is 0.437. The van der Waals surface area contributed by atoms with E-state index < -0.39 is 0 Å². The predicted octanol–water partition coefficient (Wildman–Crippen LogP) is 6.48. The van der Waals surface area contributed by atoms with Gasteiger partial charge in [-0.3, -0.25) is 0 Å². The zero-order chi connectivity index (χ0) is 17.9. The summed E-state index contributed by atoms with van der Waals surface area (Å²) in [5.74, 6) is 0.910. The number of nitrogens with one attached hydrogen (secondary N) is 2. The van der Waals surface area contributed by atoms with Crippen molar-refractivity contribution in [1.29, 1.82) is 0 Å². The third-order valence-electron chi connectivity index (χ3n) is 3.82. The smallest absolute Gasteiger partial charge is 0.121 e. The van der Waals surface area contributed by atoms with Crippen LogP contribution in [0.1, 0.15) is 32.6 Å². The molecule has 0 amide bonds. The number of rotatable bonds is 11. The largest absolute Gasteiger partial charge is 0.494 e. The summed E-state index contributed by atoms with van der Waals surface area (Å²) in [6, 6.07) is 13.6. The van der Waals surface area contributed by atoms with E-state index in [9.17, 15) is 0 Å². The minimum absolute atomic E-state index is 0.558. The van der Waals surface area contributed by atoms with Crippen molar-refractivity contribution in [2.24, 2.45) is 0 Å². The number of halogens is 2. The highest BCUT2D eigenvalue weighted by molar-refractivity contribution is 6.43. The fraction of sp³-hybridized carbons (Fsp3) is 0.400. The number of ether oxygens (including phenoxy) is 1. The minimum atomic E-state index is 0.558. The van der Waals surface area contributed by atoms with Crippen LogP contribution in [0.25, 0.3) is 0 Å². The Balaban J connectivity index is 1.72. The van der Waals surface area contributed by atoms with Gasteiger partial charge in [-0.25, -0.2) is 0 Å². The molecule has 3 nitrogen and oxygen atoms in total. The summed E-state index contributed by atoms with van der Waals surface area (Å²) in [6.45, 7) is 4.49. The summed E-state index contributed by atoms with van der Waals surface area (Å²) in [4.78, 5) is 0. The molecule has 136 valence electrons. The molecule has 0 fully saturated rings. The van der Waals surface area contributed by atoms with Gasteiger partial charge in [0.2, 0.25) is 0 Å². The van der Waals surface area contributed by atoms with E-state index in [0.29, 0.717) is 10.0 Å². The second-order valence-electron chi connectivity index (χ2n) is 5.89. The Morgan fingerprint density at radius 1 is 0.920 bits per heavy atom. The number of anilines is 2. The van der Waals surface area contributed by atoms with Crippen molar-refractivity contribution < 1.29 is 4.74 Å². The highest BCUT2D eigenvalue weighted by Gasteiger charge is 2.03. The Morgan fingerprint density at radius 3 is 2.56 bits per heavy atom. The van der Waals surface area contributed by atoms with Crippen molar-refractivity contribution in [2.75, 3.05) is 30.3 Å². The Labute approximate surface area is 160 Å². The van der Waals surface area contributed by atoms with Crippen LogP contribution in [0.3, 0.4) is 0 Å². The lowest BCUT2D eigenvalue weighted by Crippen LogP contribution is -2.13. The normalized spacial score (nSPS) is 10.5. The molecule has 0 aliphatic carbocycles. The monoisotopic (exact) mass is 380 g/mol. The zero-order valence-electron chi connectivity index (χ0n) is 14.7. The van der Waals surface area contributed by atoms with Crippen LogP contribution in [0.5, 0.6) is 5.75 Å². The molecule has 0 heterocycles. The van der Waals surface area contributed by atoms with Crippen LogP contribution in [-0.4, -0.2) is 19.7 Å². The lowest BCUT2D eigenvalue weighted by Gasteiger charge is -2.12. The highest BCUT2D eigenvalue weighted by Crippen LogP contribution is 2.29. The molecule has 5 heteroatoms. The van der Waals surface area contributed by atoms with Crippen molar-refractivity contribution in [3.8, 4) is 5.75 Å². The van der Waals surface area contributed by atoms with E-state index in [-0.39, 0.29) is 0 Å². The second-order valence-corrected chi connectivity index (χ2v) is 6.68.